The summed E-state index contributed by atoms with van der Waals surface area (Å²) in [5.41, 5.74) is 0. The van der Waals surface area contributed by atoms with E-state index in [0.717, 1.165) is 32.6 Å². The molecule has 1 aliphatic heterocycles. The maximum absolute atomic E-state index is 12.4. The van der Waals surface area contributed by atoms with Crippen LogP contribution in [0.3, 0.4) is 0 Å². The molecule has 7 nitrogen and oxygen atoms in total. The maximum atomic E-state index is 12.4. The van der Waals surface area contributed by atoms with E-state index in [0.29, 0.717) is 18.2 Å². The molecule has 0 bridgehead atoms. The molecular formula is C14H19N5O2. The van der Waals surface area contributed by atoms with Crippen molar-refractivity contribution in [2.24, 2.45) is 5.92 Å². The zero-order valence-electron chi connectivity index (χ0n) is 12.1. The van der Waals surface area contributed by atoms with Crippen LogP contribution < -0.4 is 0 Å². The molecule has 0 radical (unpaired) electrons. The number of hydrogen-bond acceptors (Lipinski definition) is 5. The first-order chi connectivity index (χ1) is 10.3. The van der Waals surface area contributed by atoms with Crippen LogP contribution in [0.2, 0.25) is 0 Å². The normalized spacial score (nSPS) is 18.5. The molecular weight excluding hydrogens is 270 g/mol. The number of nitrogens with zero attached hydrogens (tertiary/aromatic N) is 5. The molecule has 0 saturated carbocycles. The molecule has 0 aromatic carbocycles. The molecule has 1 aliphatic rings. The van der Waals surface area contributed by atoms with Gasteiger partial charge in [0.05, 0.1) is 6.61 Å². The first-order valence-electron chi connectivity index (χ1n) is 7.32. The molecule has 3 rings (SSSR count). The average Bonchev–Trinajstić information content (AvgIpc) is 3.13. The fraction of sp³-hybridized carbons (Fsp3) is 0.571. The van der Waals surface area contributed by atoms with Crippen molar-refractivity contribution >= 4 is 11.7 Å². The smallest absolute Gasteiger partial charge is 0.293 e. The monoisotopic (exact) mass is 289 g/mol. The van der Waals surface area contributed by atoms with E-state index in [-0.39, 0.29) is 11.7 Å². The van der Waals surface area contributed by atoms with Crippen LogP contribution >= 0.6 is 0 Å². The summed E-state index contributed by atoms with van der Waals surface area (Å²) >= 11 is 0. The molecule has 0 N–H and O–H groups in total. The van der Waals surface area contributed by atoms with Crippen molar-refractivity contribution in [3.05, 3.63) is 24.3 Å². The van der Waals surface area contributed by atoms with Gasteiger partial charge in [0.25, 0.3) is 11.7 Å². The van der Waals surface area contributed by atoms with E-state index in [9.17, 15) is 4.79 Å². The fourth-order valence-corrected chi connectivity index (χ4v) is 2.51. The average molecular weight is 289 g/mol. The lowest BCUT2D eigenvalue weighted by molar-refractivity contribution is 0.0743. The number of aromatic nitrogens is 4. The Morgan fingerprint density at radius 2 is 2.43 bits per heavy atom. The Bertz CT molecular complexity index is 594. The number of ether oxygens (including phenoxy) is 1. The Balaban J connectivity index is 1.63. The van der Waals surface area contributed by atoms with E-state index >= 15 is 0 Å². The highest BCUT2D eigenvalue weighted by atomic mass is 16.5. The molecule has 112 valence electrons. The van der Waals surface area contributed by atoms with E-state index in [1.54, 1.807) is 23.4 Å². The highest BCUT2D eigenvalue weighted by Gasteiger charge is 2.29. The van der Waals surface area contributed by atoms with Crippen LogP contribution in [0.5, 0.6) is 0 Å². The van der Waals surface area contributed by atoms with E-state index in [2.05, 4.69) is 22.0 Å². The second kappa shape index (κ2) is 6.17. The van der Waals surface area contributed by atoms with Gasteiger partial charge in [0, 0.05) is 38.0 Å². The molecule has 2 aromatic heterocycles. The first-order valence-corrected chi connectivity index (χ1v) is 7.32. The van der Waals surface area contributed by atoms with Crippen LogP contribution in [-0.4, -0.2) is 56.7 Å². The lowest BCUT2D eigenvalue weighted by atomic mass is 10.1. The van der Waals surface area contributed by atoms with Gasteiger partial charge in [0.1, 0.15) is 0 Å². The number of hydrogen-bond donors (Lipinski definition) is 0. The summed E-state index contributed by atoms with van der Waals surface area (Å²) in [6, 6.07) is 1.76. The Morgan fingerprint density at radius 1 is 1.52 bits per heavy atom. The van der Waals surface area contributed by atoms with Gasteiger partial charge >= 0.3 is 0 Å². The Hall–Kier alpha value is -2.02. The third-order valence-electron chi connectivity index (χ3n) is 3.58. The SMILES string of the molecule is CCCOC[C@H]1CCN(C(=O)c2nc3ncccn3n2)C1. The Labute approximate surface area is 122 Å². The summed E-state index contributed by atoms with van der Waals surface area (Å²) in [6.07, 6.45) is 5.36. The second-order valence-electron chi connectivity index (χ2n) is 5.28. The molecule has 21 heavy (non-hydrogen) atoms. The molecule has 0 spiro atoms. The Kier molecular flexibility index (Phi) is 4.10. The van der Waals surface area contributed by atoms with Gasteiger partial charge in [0.15, 0.2) is 0 Å². The predicted molar refractivity (Wildman–Crippen MR) is 75.9 cm³/mol. The molecule has 0 unspecified atom stereocenters. The van der Waals surface area contributed by atoms with Crippen LogP contribution in [0.1, 0.15) is 30.4 Å². The second-order valence-corrected chi connectivity index (χ2v) is 5.28. The zero-order valence-corrected chi connectivity index (χ0v) is 12.1. The van der Waals surface area contributed by atoms with Crippen molar-refractivity contribution < 1.29 is 9.53 Å². The van der Waals surface area contributed by atoms with Crippen molar-refractivity contribution in [2.75, 3.05) is 26.3 Å². The first kappa shape index (κ1) is 13.9. The fourth-order valence-electron chi connectivity index (χ4n) is 2.51. The van der Waals surface area contributed by atoms with E-state index in [4.69, 9.17) is 4.74 Å². The highest BCUT2D eigenvalue weighted by Crippen LogP contribution is 2.18. The van der Waals surface area contributed by atoms with Crippen LogP contribution in [-0.2, 0) is 4.74 Å². The third kappa shape index (κ3) is 3.02. The van der Waals surface area contributed by atoms with Crippen molar-refractivity contribution in [1.29, 1.82) is 0 Å². The lowest BCUT2D eigenvalue weighted by Crippen LogP contribution is -2.30. The van der Waals surface area contributed by atoms with Crippen molar-refractivity contribution in [2.45, 2.75) is 19.8 Å². The number of rotatable bonds is 5. The number of amides is 1. The summed E-state index contributed by atoms with van der Waals surface area (Å²) in [4.78, 5) is 22.5. The van der Waals surface area contributed by atoms with Gasteiger partial charge < -0.3 is 9.64 Å². The summed E-state index contributed by atoms with van der Waals surface area (Å²) in [6.45, 7) is 5.04. The van der Waals surface area contributed by atoms with Crippen LogP contribution in [0.4, 0.5) is 0 Å². The maximum Gasteiger partial charge on any atom is 0.293 e. The minimum Gasteiger partial charge on any atom is -0.381 e. The number of likely N-dealkylation sites (tertiary alicyclic amines) is 1. The minimum absolute atomic E-state index is 0.126. The summed E-state index contributed by atoms with van der Waals surface area (Å²) < 4.78 is 7.08. The predicted octanol–water partition coefficient (Wildman–Crippen LogP) is 1.01. The Morgan fingerprint density at radius 3 is 3.24 bits per heavy atom. The number of carbonyl (C=O) groups excluding carboxylic acids is 1. The molecule has 0 aliphatic carbocycles. The number of fused-ring (bicyclic) bond motifs is 1. The standard InChI is InChI=1S/C14H19N5O2/c1-2-8-21-10-11-4-7-18(9-11)13(20)12-16-14-15-5-3-6-19(14)17-12/h3,5-6,11H,2,4,7-10H2,1H3/t11-/m0/s1. The van der Waals surface area contributed by atoms with Crippen LogP contribution in [0, 0.1) is 5.92 Å². The molecule has 1 atom stereocenters. The van der Waals surface area contributed by atoms with Gasteiger partial charge in [-0.3, -0.25) is 4.79 Å². The highest BCUT2D eigenvalue weighted by molar-refractivity contribution is 5.91. The van der Waals surface area contributed by atoms with E-state index in [1.165, 1.54) is 4.52 Å². The van der Waals surface area contributed by atoms with Gasteiger partial charge in [-0.15, -0.1) is 5.10 Å². The summed E-state index contributed by atoms with van der Waals surface area (Å²) in [5, 5.41) is 4.18. The van der Waals surface area contributed by atoms with Gasteiger partial charge in [-0.1, -0.05) is 6.92 Å². The largest absolute Gasteiger partial charge is 0.381 e. The molecule has 1 fully saturated rings. The minimum atomic E-state index is -0.126. The third-order valence-corrected chi connectivity index (χ3v) is 3.58. The molecule has 3 heterocycles. The molecule has 7 heteroatoms. The van der Waals surface area contributed by atoms with Crippen molar-refractivity contribution in [1.82, 2.24) is 24.5 Å². The molecule has 1 amide bonds. The molecule has 1 saturated heterocycles. The van der Waals surface area contributed by atoms with Crippen LogP contribution in [0.25, 0.3) is 5.78 Å². The van der Waals surface area contributed by atoms with Crippen molar-refractivity contribution in [3.63, 3.8) is 0 Å². The topological polar surface area (TPSA) is 72.6 Å². The van der Waals surface area contributed by atoms with Gasteiger partial charge in [0.2, 0.25) is 5.82 Å². The van der Waals surface area contributed by atoms with Gasteiger partial charge in [-0.2, -0.15) is 4.98 Å². The van der Waals surface area contributed by atoms with Crippen molar-refractivity contribution in [3.8, 4) is 0 Å². The molecule has 2 aromatic rings. The summed E-state index contributed by atoms with van der Waals surface area (Å²) in [7, 11) is 0. The van der Waals surface area contributed by atoms with E-state index < -0.39 is 0 Å². The van der Waals surface area contributed by atoms with Gasteiger partial charge in [-0.05, 0) is 18.9 Å². The lowest BCUT2D eigenvalue weighted by Gasteiger charge is -2.14. The van der Waals surface area contributed by atoms with Crippen LogP contribution in [0.15, 0.2) is 18.5 Å². The number of carbonyl (C=O) groups is 1. The summed E-state index contributed by atoms with van der Waals surface area (Å²) in [5.74, 6) is 0.945. The van der Waals surface area contributed by atoms with E-state index in [1.807, 2.05) is 0 Å². The van der Waals surface area contributed by atoms with Gasteiger partial charge in [-0.25, -0.2) is 9.50 Å². The zero-order chi connectivity index (χ0) is 14.7. The quantitative estimate of drug-likeness (QED) is 0.768.